The van der Waals surface area contributed by atoms with E-state index in [4.69, 9.17) is 23.2 Å². The van der Waals surface area contributed by atoms with Crippen molar-refractivity contribution in [2.45, 2.75) is 56.0 Å². The number of piperidine rings is 3. The molecule has 3 saturated heterocycles. The Hall–Kier alpha value is -2.08. The lowest BCUT2D eigenvalue weighted by atomic mass is 9.84. The molecule has 2 aromatic rings. The molecule has 2 bridgehead atoms. The Morgan fingerprint density at radius 2 is 1.79 bits per heavy atom. The average molecular weight is 500 g/mol. The van der Waals surface area contributed by atoms with Gasteiger partial charge in [0.25, 0.3) is 0 Å². The molecule has 4 aliphatic rings. The van der Waals surface area contributed by atoms with Crippen LogP contribution in [-0.2, 0) is 21.4 Å². The number of amides is 2. The zero-order chi connectivity index (χ0) is 23.7. The van der Waals surface area contributed by atoms with Crippen molar-refractivity contribution in [2.75, 3.05) is 19.6 Å². The van der Waals surface area contributed by atoms with E-state index in [-0.39, 0.29) is 17.9 Å². The van der Waals surface area contributed by atoms with Gasteiger partial charge in [-0.25, -0.2) is 0 Å². The van der Waals surface area contributed by atoms with Crippen molar-refractivity contribution in [3.63, 3.8) is 0 Å². The van der Waals surface area contributed by atoms with Gasteiger partial charge in [0.1, 0.15) is 6.04 Å². The molecule has 3 heterocycles. The van der Waals surface area contributed by atoms with Crippen LogP contribution in [-0.4, -0.2) is 48.4 Å². The van der Waals surface area contributed by atoms with Crippen molar-refractivity contribution in [1.29, 1.82) is 0 Å². The molecule has 0 radical (unpaired) electrons. The number of carbonyl (C=O) groups is 2. The molecular formula is C27H31Cl2N3O2. The number of halogens is 2. The SMILES string of the molecule is O=C(N[C@@H]1CN2CCC1CC2)[C@H](CCc1ccccc1)NC(=O)C1(c2ccc(Cl)cc2Cl)CC1. The van der Waals surface area contributed by atoms with E-state index in [0.29, 0.717) is 41.6 Å². The van der Waals surface area contributed by atoms with E-state index in [1.807, 2.05) is 24.3 Å². The Morgan fingerprint density at radius 3 is 2.41 bits per heavy atom. The molecule has 5 nitrogen and oxygen atoms in total. The highest BCUT2D eigenvalue weighted by Crippen LogP contribution is 2.51. The number of carbonyl (C=O) groups excluding carboxylic acids is 2. The van der Waals surface area contributed by atoms with Crippen molar-refractivity contribution in [3.05, 3.63) is 69.7 Å². The Bertz CT molecular complexity index is 1050. The third-order valence-corrected chi connectivity index (χ3v) is 8.35. The van der Waals surface area contributed by atoms with Crippen LogP contribution in [0.2, 0.25) is 10.0 Å². The number of nitrogens with zero attached hydrogens (tertiary/aromatic N) is 1. The van der Waals surface area contributed by atoms with Crippen molar-refractivity contribution in [2.24, 2.45) is 5.92 Å². The van der Waals surface area contributed by atoms with Crippen LogP contribution in [0.1, 0.15) is 43.2 Å². The minimum Gasteiger partial charge on any atom is -0.350 e. The van der Waals surface area contributed by atoms with E-state index in [1.54, 1.807) is 12.1 Å². The molecule has 1 aliphatic carbocycles. The zero-order valence-corrected chi connectivity index (χ0v) is 20.7. The molecule has 0 aromatic heterocycles. The van der Waals surface area contributed by atoms with Crippen molar-refractivity contribution >= 4 is 35.0 Å². The van der Waals surface area contributed by atoms with E-state index in [2.05, 4.69) is 27.7 Å². The Balaban J connectivity index is 1.31. The fourth-order valence-electron chi connectivity index (χ4n) is 5.55. The molecule has 2 amide bonds. The lowest BCUT2D eigenvalue weighted by Gasteiger charge is -2.45. The average Bonchev–Trinajstić information content (AvgIpc) is 3.65. The van der Waals surface area contributed by atoms with Gasteiger partial charge in [0, 0.05) is 22.6 Å². The summed E-state index contributed by atoms with van der Waals surface area (Å²) in [5, 5.41) is 7.43. The second kappa shape index (κ2) is 9.88. The number of rotatable bonds is 8. The van der Waals surface area contributed by atoms with Gasteiger partial charge >= 0.3 is 0 Å². The number of hydrogen-bond donors (Lipinski definition) is 2. The molecule has 7 heteroatoms. The summed E-state index contributed by atoms with van der Waals surface area (Å²) in [7, 11) is 0. The van der Waals surface area contributed by atoms with Gasteiger partial charge in [0.15, 0.2) is 0 Å². The molecule has 1 saturated carbocycles. The van der Waals surface area contributed by atoms with Gasteiger partial charge in [0.05, 0.1) is 5.41 Å². The van der Waals surface area contributed by atoms with Gasteiger partial charge in [-0.1, -0.05) is 59.6 Å². The minimum absolute atomic E-state index is 0.0824. The number of hydrogen-bond acceptors (Lipinski definition) is 3. The first-order valence-electron chi connectivity index (χ1n) is 12.3. The summed E-state index contributed by atoms with van der Waals surface area (Å²) in [4.78, 5) is 29.4. The Morgan fingerprint density at radius 1 is 1.06 bits per heavy atom. The van der Waals surface area contributed by atoms with Gasteiger partial charge in [0.2, 0.25) is 11.8 Å². The summed E-state index contributed by atoms with van der Waals surface area (Å²) >= 11 is 12.5. The number of fused-ring (bicyclic) bond motifs is 3. The van der Waals surface area contributed by atoms with E-state index < -0.39 is 11.5 Å². The summed E-state index contributed by atoms with van der Waals surface area (Å²) in [6.45, 7) is 3.14. The first kappa shape index (κ1) is 23.7. The molecule has 2 aromatic carbocycles. The smallest absolute Gasteiger partial charge is 0.242 e. The quantitative estimate of drug-likeness (QED) is 0.567. The topological polar surface area (TPSA) is 61.4 Å². The highest BCUT2D eigenvalue weighted by Gasteiger charge is 2.53. The minimum atomic E-state index is -0.678. The summed E-state index contributed by atoms with van der Waals surface area (Å²) in [5.74, 6) is 0.321. The summed E-state index contributed by atoms with van der Waals surface area (Å²) in [5.41, 5.74) is 1.26. The van der Waals surface area contributed by atoms with Crippen molar-refractivity contribution in [3.8, 4) is 0 Å². The van der Waals surface area contributed by atoms with Gasteiger partial charge in [-0.05, 0) is 80.8 Å². The molecule has 4 fully saturated rings. The molecule has 3 aliphatic heterocycles. The largest absolute Gasteiger partial charge is 0.350 e. The van der Waals surface area contributed by atoms with Crippen LogP contribution in [0, 0.1) is 5.92 Å². The number of benzene rings is 2. The van der Waals surface area contributed by atoms with E-state index in [1.165, 1.54) is 0 Å². The maximum atomic E-state index is 13.5. The summed E-state index contributed by atoms with van der Waals surface area (Å²) < 4.78 is 0. The monoisotopic (exact) mass is 499 g/mol. The first-order valence-corrected chi connectivity index (χ1v) is 13.0. The maximum Gasteiger partial charge on any atom is 0.242 e. The van der Waals surface area contributed by atoms with Crippen LogP contribution < -0.4 is 10.6 Å². The van der Waals surface area contributed by atoms with Crippen LogP contribution in [0.3, 0.4) is 0 Å². The van der Waals surface area contributed by atoms with Gasteiger partial charge in [-0.2, -0.15) is 0 Å². The van der Waals surface area contributed by atoms with Crippen LogP contribution in [0.5, 0.6) is 0 Å². The second-order valence-corrected chi connectivity index (χ2v) is 10.9. The molecule has 6 rings (SSSR count). The Kier molecular flexibility index (Phi) is 6.88. The first-order chi connectivity index (χ1) is 16.4. The van der Waals surface area contributed by atoms with Crippen LogP contribution in [0.4, 0.5) is 0 Å². The lowest BCUT2D eigenvalue weighted by Crippen LogP contribution is -2.60. The van der Waals surface area contributed by atoms with Crippen LogP contribution >= 0.6 is 23.2 Å². The molecular weight excluding hydrogens is 469 g/mol. The lowest BCUT2D eigenvalue weighted by molar-refractivity contribution is -0.131. The van der Waals surface area contributed by atoms with Gasteiger partial charge in [-0.3, -0.25) is 9.59 Å². The van der Waals surface area contributed by atoms with E-state index >= 15 is 0 Å². The molecule has 34 heavy (non-hydrogen) atoms. The van der Waals surface area contributed by atoms with Gasteiger partial charge in [-0.15, -0.1) is 0 Å². The standard InChI is InChI=1S/C27H31Cl2N3O2/c28-20-7-8-21(22(29)16-20)27(12-13-27)26(34)31-23(9-6-18-4-2-1-3-5-18)25(33)30-24-17-32-14-10-19(24)11-15-32/h1-5,7-8,16,19,23-24H,6,9-15,17H2,(H,30,33)(H,31,34)/t23-,24+/m0/s1. The van der Waals surface area contributed by atoms with Crippen molar-refractivity contribution < 1.29 is 9.59 Å². The van der Waals surface area contributed by atoms with Crippen LogP contribution in [0.25, 0.3) is 0 Å². The van der Waals surface area contributed by atoms with Gasteiger partial charge < -0.3 is 15.5 Å². The predicted molar refractivity (Wildman–Crippen MR) is 135 cm³/mol. The van der Waals surface area contributed by atoms with E-state index in [0.717, 1.165) is 43.6 Å². The third kappa shape index (κ3) is 4.98. The van der Waals surface area contributed by atoms with Crippen LogP contribution in [0.15, 0.2) is 48.5 Å². The molecule has 2 atom stereocenters. The Labute approximate surface area is 211 Å². The highest BCUT2D eigenvalue weighted by atomic mass is 35.5. The fourth-order valence-corrected chi connectivity index (χ4v) is 6.14. The van der Waals surface area contributed by atoms with E-state index in [9.17, 15) is 9.59 Å². The molecule has 180 valence electrons. The molecule has 0 unspecified atom stereocenters. The summed E-state index contributed by atoms with van der Waals surface area (Å²) in [6.07, 6.45) is 4.95. The maximum absolute atomic E-state index is 13.5. The fraction of sp³-hybridized carbons (Fsp3) is 0.481. The highest BCUT2D eigenvalue weighted by molar-refractivity contribution is 6.35. The van der Waals surface area contributed by atoms with Crippen molar-refractivity contribution in [1.82, 2.24) is 15.5 Å². The summed E-state index contributed by atoms with van der Waals surface area (Å²) in [6, 6.07) is 14.9. The normalized spacial score (nSPS) is 25.4. The number of nitrogens with one attached hydrogen (secondary N) is 2. The third-order valence-electron chi connectivity index (χ3n) is 7.80. The zero-order valence-electron chi connectivity index (χ0n) is 19.2. The number of aryl methyl sites for hydroxylation is 1. The second-order valence-electron chi connectivity index (χ2n) is 10.0. The molecule has 0 spiro atoms. The molecule has 2 N–H and O–H groups in total. The predicted octanol–water partition coefficient (Wildman–Crippen LogP) is 4.35.